The normalized spacial score (nSPS) is 20.1. The molecule has 5 rings (SSSR count). The number of hydrogen-bond acceptors (Lipinski definition) is 7. The molecule has 0 saturated carbocycles. The monoisotopic (exact) mass is 473 g/mol. The Hall–Kier alpha value is -2.30. The summed E-state index contributed by atoms with van der Waals surface area (Å²) in [5.74, 6) is 0.107. The summed E-state index contributed by atoms with van der Waals surface area (Å²) < 4.78 is 5.16. The first-order chi connectivity index (χ1) is 15.3. The van der Waals surface area contributed by atoms with E-state index >= 15 is 0 Å². The van der Waals surface area contributed by atoms with Gasteiger partial charge < -0.3 is 25.0 Å². The minimum Gasteiger partial charge on any atom is -0.378 e. The summed E-state index contributed by atoms with van der Waals surface area (Å²) in [5.41, 5.74) is 2.69. The molecule has 0 bridgehead atoms. The third kappa shape index (κ3) is 3.84. The molecule has 32 heavy (non-hydrogen) atoms. The molecule has 10 heteroatoms. The van der Waals surface area contributed by atoms with Gasteiger partial charge in [-0.25, -0.2) is 9.97 Å². The molecule has 0 radical (unpaired) electrons. The van der Waals surface area contributed by atoms with Crippen LogP contribution < -0.4 is 5.32 Å². The van der Waals surface area contributed by atoms with Crippen molar-refractivity contribution in [1.82, 2.24) is 25.2 Å². The molecule has 0 aromatic carbocycles. The number of ether oxygens (including phenoxy) is 1. The lowest BCUT2D eigenvalue weighted by Gasteiger charge is -2.34. The molecule has 0 aliphatic carbocycles. The zero-order chi connectivity index (χ0) is 22.5. The van der Waals surface area contributed by atoms with Gasteiger partial charge in [0.1, 0.15) is 10.7 Å². The number of aromatic amines is 1. The van der Waals surface area contributed by atoms with Crippen LogP contribution in [0.4, 0.5) is 0 Å². The minimum absolute atomic E-state index is 0.0850. The summed E-state index contributed by atoms with van der Waals surface area (Å²) in [6.07, 6.45) is 6.72. The Labute approximate surface area is 194 Å². The number of carbonyl (C=O) groups is 1. The lowest BCUT2D eigenvalue weighted by Crippen LogP contribution is -2.46. The van der Waals surface area contributed by atoms with Crippen LogP contribution >= 0.6 is 22.9 Å². The van der Waals surface area contributed by atoms with Gasteiger partial charge in [0, 0.05) is 62.1 Å². The number of aromatic nitrogens is 3. The predicted octanol–water partition coefficient (Wildman–Crippen LogP) is 2.78. The van der Waals surface area contributed by atoms with Gasteiger partial charge in [0.15, 0.2) is 5.60 Å². The first kappa shape index (κ1) is 21.5. The van der Waals surface area contributed by atoms with Gasteiger partial charge in [-0.2, -0.15) is 0 Å². The summed E-state index contributed by atoms with van der Waals surface area (Å²) in [6.45, 7) is 1.22. The van der Waals surface area contributed by atoms with Gasteiger partial charge in [0.05, 0.1) is 23.1 Å². The number of rotatable bonds is 5. The number of fused-ring (bicyclic) bond motifs is 1. The number of pyridine rings is 1. The smallest absolute Gasteiger partial charge is 0.223 e. The van der Waals surface area contributed by atoms with Crippen molar-refractivity contribution in [3.8, 4) is 10.4 Å². The van der Waals surface area contributed by atoms with Crippen LogP contribution in [0.1, 0.15) is 23.5 Å². The summed E-state index contributed by atoms with van der Waals surface area (Å²) in [6, 6.07) is 2.15. The maximum absolute atomic E-state index is 12.1. The fourth-order valence-electron chi connectivity index (χ4n) is 4.02. The van der Waals surface area contributed by atoms with Crippen LogP contribution in [0.15, 0.2) is 24.5 Å². The maximum Gasteiger partial charge on any atom is 0.223 e. The molecule has 0 spiro atoms. The highest BCUT2D eigenvalue weighted by Crippen LogP contribution is 2.41. The number of nitrogens with zero attached hydrogens (tertiary/aromatic N) is 3. The van der Waals surface area contributed by atoms with Crippen LogP contribution in [0.25, 0.3) is 27.0 Å². The van der Waals surface area contributed by atoms with Crippen molar-refractivity contribution < 1.29 is 14.6 Å². The number of thiazole rings is 1. The van der Waals surface area contributed by atoms with E-state index < -0.39 is 5.60 Å². The van der Waals surface area contributed by atoms with Crippen molar-refractivity contribution in [3.05, 3.63) is 40.3 Å². The van der Waals surface area contributed by atoms with E-state index in [0.717, 1.165) is 39.2 Å². The molecule has 3 aromatic rings. The van der Waals surface area contributed by atoms with Gasteiger partial charge in [-0.3, -0.25) is 4.79 Å². The predicted molar refractivity (Wildman–Crippen MR) is 125 cm³/mol. The van der Waals surface area contributed by atoms with E-state index in [2.05, 4.69) is 32.4 Å². The molecule has 1 unspecified atom stereocenters. The molecule has 2 aliphatic heterocycles. The minimum atomic E-state index is -1.01. The molecule has 168 valence electrons. The Morgan fingerprint density at radius 1 is 1.38 bits per heavy atom. The summed E-state index contributed by atoms with van der Waals surface area (Å²) in [5, 5.41) is 16.0. The van der Waals surface area contributed by atoms with Crippen molar-refractivity contribution in [3.63, 3.8) is 0 Å². The summed E-state index contributed by atoms with van der Waals surface area (Å²) >= 11 is 7.98. The van der Waals surface area contributed by atoms with Gasteiger partial charge in [-0.15, -0.1) is 11.3 Å². The zero-order valence-electron chi connectivity index (χ0n) is 17.8. The van der Waals surface area contributed by atoms with Crippen LogP contribution in [0.3, 0.4) is 0 Å². The Balaban J connectivity index is 1.46. The molecular formula is C22H24ClN5O3S. The SMILES string of the molecule is CN(C)C(=O)CC1CC(c2cc3c(-c4cnc(C5(O)COC5)s4)c(Cl)cnc3[nH]2)=CCN1. The van der Waals surface area contributed by atoms with E-state index in [1.54, 1.807) is 31.4 Å². The highest BCUT2D eigenvalue weighted by Gasteiger charge is 2.41. The van der Waals surface area contributed by atoms with Crippen LogP contribution in [0, 0.1) is 0 Å². The molecule has 3 aromatic heterocycles. The van der Waals surface area contributed by atoms with Gasteiger partial charge >= 0.3 is 0 Å². The number of nitrogens with one attached hydrogen (secondary N) is 2. The second-order valence-corrected chi connectivity index (χ2v) is 9.95. The first-order valence-electron chi connectivity index (χ1n) is 10.4. The van der Waals surface area contributed by atoms with Gasteiger partial charge in [0.25, 0.3) is 0 Å². The Kier molecular flexibility index (Phi) is 5.55. The van der Waals surface area contributed by atoms with Crippen molar-refractivity contribution >= 4 is 45.5 Å². The van der Waals surface area contributed by atoms with Crippen LogP contribution in [0.5, 0.6) is 0 Å². The van der Waals surface area contributed by atoms with Crippen LogP contribution in [-0.2, 0) is 15.1 Å². The molecular weight excluding hydrogens is 450 g/mol. The molecule has 1 atom stereocenters. The van der Waals surface area contributed by atoms with E-state index in [4.69, 9.17) is 16.3 Å². The molecule has 1 amide bonds. The Morgan fingerprint density at radius 2 is 2.19 bits per heavy atom. The largest absolute Gasteiger partial charge is 0.378 e. The van der Waals surface area contributed by atoms with E-state index in [1.807, 2.05) is 0 Å². The second-order valence-electron chi connectivity index (χ2n) is 8.51. The van der Waals surface area contributed by atoms with E-state index in [0.29, 0.717) is 23.0 Å². The van der Waals surface area contributed by atoms with Crippen molar-refractivity contribution in [2.45, 2.75) is 24.5 Å². The number of H-pyrrole nitrogens is 1. The van der Waals surface area contributed by atoms with Gasteiger partial charge in [0.2, 0.25) is 5.91 Å². The highest BCUT2D eigenvalue weighted by atomic mass is 35.5. The molecule has 2 aliphatic rings. The van der Waals surface area contributed by atoms with Crippen molar-refractivity contribution in [2.24, 2.45) is 0 Å². The topological polar surface area (TPSA) is 103 Å². The van der Waals surface area contributed by atoms with Crippen LogP contribution in [0.2, 0.25) is 5.02 Å². The molecule has 5 heterocycles. The van der Waals surface area contributed by atoms with Crippen molar-refractivity contribution in [1.29, 1.82) is 0 Å². The standard InChI is InChI=1S/C22H24ClN5O3S/c1-28(2)18(29)6-13-5-12(3-4-24-13)16-7-14-19(15(23)8-25-20(14)27-16)17-9-26-21(32-17)22(30)10-31-11-22/h3,7-9,13,24,30H,4-6,10-11H2,1-2H3,(H,25,27). The van der Waals surface area contributed by atoms with Crippen molar-refractivity contribution in [2.75, 3.05) is 33.9 Å². The third-order valence-corrected chi connectivity index (χ3v) is 7.43. The fraction of sp³-hybridized carbons (Fsp3) is 0.409. The van der Waals surface area contributed by atoms with E-state index in [-0.39, 0.29) is 25.2 Å². The molecule has 3 N–H and O–H groups in total. The molecule has 1 fully saturated rings. The first-order valence-corrected chi connectivity index (χ1v) is 11.6. The maximum atomic E-state index is 12.1. The van der Waals surface area contributed by atoms with E-state index in [1.165, 1.54) is 11.3 Å². The average Bonchev–Trinajstić information content (AvgIpc) is 3.40. The number of amides is 1. The van der Waals surface area contributed by atoms with Gasteiger partial charge in [-0.05, 0) is 18.1 Å². The average molecular weight is 474 g/mol. The Morgan fingerprint density at radius 3 is 2.91 bits per heavy atom. The van der Waals surface area contributed by atoms with Crippen LogP contribution in [-0.4, -0.2) is 70.8 Å². The quantitative estimate of drug-likeness (QED) is 0.526. The van der Waals surface area contributed by atoms with E-state index in [9.17, 15) is 9.90 Å². The lowest BCUT2D eigenvalue weighted by molar-refractivity contribution is -0.184. The highest BCUT2D eigenvalue weighted by molar-refractivity contribution is 7.15. The number of halogens is 1. The second kappa shape index (κ2) is 8.24. The number of aliphatic hydroxyl groups is 1. The molecule has 8 nitrogen and oxygen atoms in total. The van der Waals surface area contributed by atoms with Gasteiger partial charge in [-0.1, -0.05) is 17.7 Å². The number of hydrogen-bond donors (Lipinski definition) is 3. The fourth-order valence-corrected chi connectivity index (χ4v) is 5.38. The summed E-state index contributed by atoms with van der Waals surface area (Å²) in [7, 11) is 3.55. The number of carbonyl (C=O) groups excluding carboxylic acids is 1. The molecule has 1 saturated heterocycles. The third-order valence-electron chi connectivity index (χ3n) is 5.93. The summed E-state index contributed by atoms with van der Waals surface area (Å²) in [4.78, 5) is 26.9. The Bertz CT molecular complexity index is 1210. The lowest BCUT2D eigenvalue weighted by atomic mass is 9.96. The zero-order valence-corrected chi connectivity index (χ0v) is 19.4.